The molecule has 13 heteroatoms. The van der Waals surface area contributed by atoms with Crippen LogP contribution in [0.25, 0.3) is 0 Å². The molecule has 2 rings (SSSR count). The lowest BCUT2D eigenvalue weighted by atomic mass is 10.0. The fraction of sp³-hybridized carbons (Fsp3) is 0.500. The maximum absolute atomic E-state index is 12.8. The van der Waals surface area contributed by atoms with Crippen LogP contribution >= 0.6 is 0 Å². The molecule has 0 radical (unpaired) electrons. The Morgan fingerprint density at radius 1 is 0.970 bits per heavy atom. The highest BCUT2D eigenvalue weighted by molar-refractivity contribution is 5.92. The summed E-state index contributed by atoms with van der Waals surface area (Å²) in [6, 6.07) is -3.07. The van der Waals surface area contributed by atoms with Gasteiger partial charge in [0.25, 0.3) is 0 Å². The van der Waals surface area contributed by atoms with Gasteiger partial charge in [0.1, 0.15) is 12.1 Å². The zero-order valence-electron chi connectivity index (χ0n) is 18.5. The van der Waals surface area contributed by atoms with Crippen molar-refractivity contribution in [3.05, 3.63) is 36.4 Å². The van der Waals surface area contributed by atoms with E-state index in [1.54, 1.807) is 6.20 Å². The number of amides is 3. The van der Waals surface area contributed by atoms with E-state index >= 15 is 0 Å². The largest absolute Gasteiger partial charge is 0.480 e. The van der Waals surface area contributed by atoms with Gasteiger partial charge < -0.3 is 36.8 Å². The minimum atomic E-state index is -1.16. The third-order valence-electron chi connectivity index (χ3n) is 4.71. The number of nitrogens with two attached hydrogens (primary N) is 1. The standard InChI is InChI=1S/C20H30N8O5/c1-11(2)3-16(20(32)33)28-19(31)15(5-13-7-23-10-26-13)27-17(29)8-24-18(30)14(21)4-12-6-22-9-25-12/h6-7,9-11,14-16H,3-5,8,21H2,1-2H3,(H,22,25)(H,23,26)(H,24,30)(H,27,29)(H,28,31)(H,32,33). The van der Waals surface area contributed by atoms with Gasteiger partial charge in [0.05, 0.1) is 25.2 Å². The van der Waals surface area contributed by atoms with Gasteiger partial charge in [0, 0.05) is 36.6 Å². The van der Waals surface area contributed by atoms with Crippen LogP contribution < -0.4 is 21.7 Å². The van der Waals surface area contributed by atoms with Crippen LogP contribution in [-0.2, 0) is 32.0 Å². The molecule has 3 unspecified atom stereocenters. The molecule has 3 atom stereocenters. The van der Waals surface area contributed by atoms with Crippen LogP contribution in [0.4, 0.5) is 0 Å². The number of hydrogen-bond acceptors (Lipinski definition) is 7. The monoisotopic (exact) mass is 462 g/mol. The summed E-state index contributed by atoms with van der Waals surface area (Å²) in [7, 11) is 0. The molecular weight excluding hydrogens is 432 g/mol. The molecule has 3 amide bonds. The van der Waals surface area contributed by atoms with E-state index in [9.17, 15) is 24.3 Å². The van der Waals surface area contributed by atoms with Gasteiger partial charge >= 0.3 is 5.97 Å². The number of H-pyrrole nitrogens is 2. The quantitative estimate of drug-likeness (QED) is 0.185. The van der Waals surface area contributed by atoms with Gasteiger partial charge in [-0.1, -0.05) is 13.8 Å². The van der Waals surface area contributed by atoms with E-state index in [1.165, 1.54) is 18.9 Å². The first-order valence-electron chi connectivity index (χ1n) is 10.5. The number of imidazole rings is 2. The Hall–Kier alpha value is -3.74. The molecule has 13 nitrogen and oxygen atoms in total. The Morgan fingerprint density at radius 3 is 2.09 bits per heavy atom. The summed E-state index contributed by atoms with van der Waals surface area (Å²) in [5.74, 6) is -2.96. The van der Waals surface area contributed by atoms with Crippen molar-refractivity contribution in [2.45, 2.75) is 51.2 Å². The molecular formula is C20H30N8O5. The van der Waals surface area contributed by atoms with Gasteiger partial charge in [-0.25, -0.2) is 14.8 Å². The molecule has 33 heavy (non-hydrogen) atoms. The predicted octanol–water partition coefficient (Wildman–Crippen LogP) is -1.54. The summed E-state index contributed by atoms with van der Waals surface area (Å²) >= 11 is 0. The number of nitrogens with zero attached hydrogens (tertiary/aromatic N) is 2. The Balaban J connectivity index is 1.95. The first kappa shape index (κ1) is 25.5. The molecule has 0 spiro atoms. The van der Waals surface area contributed by atoms with Crippen molar-refractivity contribution in [1.82, 2.24) is 35.9 Å². The number of carboxylic acid groups (broad SMARTS) is 1. The zero-order valence-corrected chi connectivity index (χ0v) is 18.5. The van der Waals surface area contributed by atoms with Crippen molar-refractivity contribution in [1.29, 1.82) is 0 Å². The Kier molecular flexibility index (Phi) is 9.54. The summed E-state index contributed by atoms with van der Waals surface area (Å²) in [5, 5.41) is 16.8. The van der Waals surface area contributed by atoms with Gasteiger partial charge in [-0.05, 0) is 12.3 Å². The summed E-state index contributed by atoms with van der Waals surface area (Å²) in [5.41, 5.74) is 7.08. The van der Waals surface area contributed by atoms with Crippen LogP contribution in [0.5, 0.6) is 0 Å². The highest BCUT2D eigenvalue weighted by atomic mass is 16.4. The first-order chi connectivity index (χ1) is 15.7. The fourth-order valence-corrected chi connectivity index (χ4v) is 3.06. The lowest BCUT2D eigenvalue weighted by molar-refractivity contribution is -0.142. The van der Waals surface area contributed by atoms with Gasteiger partial charge in [-0.15, -0.1) is 0 Å². The Bertz CT molecular complexity index is 913. The van der Waals surface area contributed by atoms with Crippen molar-refractivity contribution in [2.24, 2.45) is 11.7 Å². The lowest BCUT2D eigenvalue weighted by Gasteiger charge is -2.22. The van der Waals surface area contributed by atoms with Crippen LogP contribution in [0.15, 0.2) is 25.0 Å². The average molecular weight is 463 g/mol. The smallest absolute Gasteiger partial charge is 0.326 e. The summed E-state index contributed by atoms with van der Waals surface area (Å²) in [6.07, 6.45) is 6.42. The maximum Gasteiger partial charge on any atom is 0.326 e. The van der Waals surface area contributed by atoms with Gasteiger partial charge in [0.2, 0.25) is 17.7 Å². The first-order valence-corrected chi connectivity index (χ1v) is 10.5. The van der Waals surface area contributed by atoms with Crippen LogP contribution in [0, 0.1) is 5.92 Å². The van der Waals surface area contributed by atoms with E-state index in [1.807, 2.05) is 13.8 Å². The normalized spacial score (nSPS) is 13.7. The summed E-state index contributed by atoms with van der Waals surface area (Å²) in [4.78, 5) is 62.3. The molecule has 2 aromatic heterocycles. The summed E-state index contributed by atoms with van der Waals surface area (Å²) < 4.78 is 0. The molecule has 0 aliphatic carbocycles. The van der Waals surface area contributed by atoms with Crippen molar-refractivity contribution in [3.8, 4) is 0 Å². The number of carbonyl (C=O) groups is 4. The molecule has 0 saturated carbocycles. The minimum absolute atomic E-state index is 0.0354. The highest BCUT2D eigenvalue weighted by Crippen LogP contribution is 2.07. The number of nitrogens with one attached hydrogen (secondary N) is 5. The van der Waals surface area contributed by atoms with Gasteiger partial charge in [-0.3, -0.25) is 14.4 Å². The number of aromatic amines is 2. The number of hydrogen-bond donors (Lipinski definition) is 7. The Labute approximate surface area is 190 Å². The summed E-state index contributed by atoms with van der Waals surface area (Å²) in [6.45, 7) is 3.27. The van der Waals surface area contributed by atoms with E-state index in [4.69, 9.17) is 5.73 Å². The fourth-order valence-electron chi connectivity index (χ4n) is 3.06. The zero-order chi connectivity index (χ0) is 24.4. The second kappa shape index (κ2) is 12.3. The van der Waals surface area contributed by atoms with E-state index in [-0.39, 0.29) is 25.2 Å². The van der Waals surface area contributed by atoms with Crippen molar-refractivity contribution >= 4 is 23.7 Å². The molecule has 0 aliphatic heterocycles. The molecule has 0 bridgehead atoms. The van der Waals surface area contributed by atoms with Crippen LogP contribution in [0.1, 0.15) is 31.7 Å². The third kappa shape index (κ3) is 8.73. The second-order valence-corrected chi connectivity index (χ2v) is 8.04. The molecule has 180 valence electrons. The SMILES string of the molecule is CC(C)CC(NC(=O)C(Cc1cnc[nH]1)NC(=O)CNC(=O)C(N)Cc1cnc[nH]1)C(=O)O. The molecule has 8 N–H and O–H groups in total. The van der Waals surface area contributed by atoms with Crippen LogP contribution in [-0.4, -0.2) is 73.4 Å². The van der Waals surface area contributed by atoms with Crippen LogP contribution in [0.2, 0.25) is 0 Å². The molecule has 0 aliphatic rings. The number of aromatic nitrogens is 4. The van der Waals surface area contributed by atoms with Gasteiger partial charge in [0.15, 0.2) is 0 Å². The number of aliphatic carboxylic acids is 1. The second-order valence-electron chi connectivity index (χ2n) is 8.04. The molecule has 0 aromatic carbocycles. The Morgan fingerprint density at radius 2 is 1.58 bits per heavy atom. The predicted molar refractivity (Wildman–Crippen MR) is 117 cm³/mol. The highest BCUT2D eigenvalue weighted by Gasteiger charge is 2.28. The molecule has 0 saturated heterocycles. The van der Waals surface area contributed by atoms with E-state index in [0.29, 0.717) is 11.4 Å². The minimum Gasteiger partial charge on any atom is -0.480 e. The third-order valence-corrected chi connectivity index (χ3v) is 4.71. The van der Waals surface area contributed by atoms with Crippen LogP contribution in [0.3, 0.4) is 0 Å². The van der Waals surface area contributed by atoms with E-state index < -0.39 is 48.4 Å². The topological polar surface area (TPSA) is 208 Å². The van der Waals surface area contributed by atoms with Crippen molar-refractivity contribution < 1.29 is 24.3 Å². The van der Waals surface area contributed by atoms with Gasteiger partial charge in [-0.2, -0.15) is 0 Å². The number of carbonyl (C=O) groups excluding carboxylic acids is 3. The maximum atomic E-state index is 12.8. The van der Waals surface area contributed by atoms with E-state index in [0.717, 1.165) is 0 Å². The average Bonchev–Trinajstić information content (AvgIpc) is 3.44. The molecule has 2 aromatic rings. The number of rotatable bonds is 13. The lowest BCUT2D eigenvalue weighted by Crippen LogP contribution is -2.54. The molecule has 2 heterocycles. The molecule has 0 fully saturated rings. The van der Waals surface area contributed by atoms with Crippen molar-refractivity contribution in [3.63, 3.8) is 0 Å². The van der Waals surface area contributed by atoms with Crippen molar-refractivity contribution in [2.75, 3.05) is 6.54 Å². The number of carboxylic acids is 1. The van der Waals surface area contributed by atoms with E-state index in [2.05, 4.69) is 35.9 Å².